The fourth-order valence-electron chi connectivity index (χ4n) is 13.5. The van der Waals surface area contributed by atoms with Gasteiger partial charge in [0.05, 0.1) is 0 Å². The molecule has 0 saturated heterocycles. The van der Waals surface area contributed by atoms with Crippen molar-refractivity contribution in [2.45, 2.75) is 41.5 Å². The van der Waals surface area contributed by atoms with Crippen LogP contribution in [0.5, 0.6) is 0 Å². The molecule has 0 N–H and O–H groups in total. The van der Waals surface area contributed by atoms with E-state index in [0.29, 0.717) is 0 Å². The third kappa shape index (κ3) is 30.9. The van der Waals surface area contributed by atoms with E-state index in [1.54, 1.807) is 12.4 Å². The first-order chi connectivity index (χ1) is 62.0. The second kappa shape index (κ2) is 54.6. The minimum Gasteiger partial charge on any atom is -0.305 e. The molecule has 130 heavy (non-hydrogen) atoms. The summed E-state index contributed by atoms with van der Waals surface area (Å²) < 4.78 is 0. The van der Waals surface area contributed by atoms with Gasteiger partial charge in [-0.25, -0.2) is 0 Å². The van der Waals surface area contributed by atoms with Gasteiger partial charge in [-0.2, -0.15) is 0 Å². The largest absolute Gasteiger partial charge is 0.305 e. The SMILES string of the molecule is Cc1cc(-c2[c-]cccc2)ncc1-c1ccccc1.Cc1cc(-c2[c-]cccc2)ncc1-c1ccccc1.Cc1cc(-c2[c-]cccc2)ncc1-c1ccccc1.Cc1cc(C)nc(-c2[c-]cccc2)c1.Cc1cccnc1-c1[c-]cccc1.[Ir].[Ir].[Ir].[Ir].[c-]1ccccc1-c1cc(-c2ccccc2)ccn1.[c-]1ccccc1-c1ccccn1.[c-]1ccccc1-c1ccccn1. The number of hydrogen-bond acceptors (Lipinski definition) is 8. The molecule has 8 aromatic heterocycles. The van der Waals surface area contributed by atoms with Crippen LogP contribution in [-0.2, 0) is 80.4 Å². The molecule has 4 radical (unpaired) electrons. The first-order valence-corrected chi connectivity index (χ1v) is 41.6. The van der Waals surface area contributed by atoms with E-state index in [9.17, 15) is 0 Å². The van der Waals surface area contributed by atoms with E-state index < -0.39 is 0 Å². The summed E-state index contributed by atoms with van der Waals surface area (Å²) in [5.74, 6) is 0. The summed E-state index contributed by atoms with van der Waals surface area (Å²) in [6, 6.07) is 160. The Morgan fingerprint density at radius 3 is 0.769 bits per heavy atom. The Kier molecular flexibility index (Phi) is 42.1. The Labute approximate surface area is 820 Å². The molecule has 0 aliphatic carbocycles. The summed E-state index contributed by atoms with van der Waals surface area (Å²) in [6.45, 7) is 12.5. The van der Waals surface area contributed by atoms with E-state index in [1.165, 1.54) is 72.3 Å². The average Bonchev–Trinajstić information content (AvgIpc) is 0.822. The molecule has 0 saturated carbocycles. The molecule has 8 nitrogen and oxygen atoms in total. The first-order valence-electron chi connectivity index (χ1n) is 41.6. The zero-order chi connectivity index (χ0) is 87.0. The van der Waals surface area contributed by atoms with Crippen molar-refractivity contribution in [2.24, 2.45) is 0 Å². The maximum absolute atomic E-state index is 4.55. The van der Waals surface area contributed by atoms with Crippen molar-refractivity contribution in [2.75, 3.05) is 0 Å². The molecule has 0 unspecified atom stereocenters. The molecule has 0 aliphatic rings. The number of aryl methyl sites for hydroxylation is 6. The molecular formula is C118H92Ir4N8-8. The van der Waals surface area contributed by atoms with Gasteiger partial charge in [0, 0.05) is 146 Å². The molecule has 648 valence electrons. The third-order valence-electron chi connectivity index (χ3n) is 19.8. The number of pyridine rings is 8. The minimum absolute atomic E-state index is 0. The summed E-state index contributed by atoms with van der Waals surface area (Å²) in [5.41, 5.74) is 32.8. The van der Waals surface area contributed by atoms with Crippen LogP contribution in [0.3, 0.4) is 0 Å². The molecule has 0 spiro atoms. The smallest absolute Gasteiger partial charge is 0.0268 e. The van der Waals surface area contributed by atoms with Crippen LogP contribution >= 0.6 is 0 Å². The Balaban J connectivity index is 0.000000168. The summed E-state index contributed by atoms with van der Waals surface area (Å²) >= 11 is 0. The maximum Gasteiger partial charge on any atom is 0.0268 e. The number of benzene rings is 12. The van der Waals surface area contributed by atoms with E-state index >= 15 is 0 Å². The Morgan fingerprint density at radius 1 is 0.185 bits per heavy atom. The van der Waals surface area contributed by atoms with Gasteiger partial charge in [-0.15, -0.1) is 287 Å². The minimum atomic E-state index is 0. The van der Waals surface area contributed by atoms with E-state index in [1.807, 2.05) is 353 Å². The van der Waals surface area contributed by atoms with Crippen molar-refractivity contribution in [1.82, 2.24) is 39.9 Å². The first kappa shape index (κ1) is 100. The van der Waals surface area contributed by atoms with Crippen LogP contribution < -0.4 is 0 Å². The normalized spacial score (nSPS) is 9.83. The quantitative estimate of drug-likeness (QED) is 0.111. The second-order valence-corrected chi connectivity index (χ2v) is 29.0. The number of aromatic nitrogens is 8. The molecular weight excluding hydrogens is 2300 g/mol. The summed E-state index contributed by atoms with van der Waals surface area (Å²) in [6.07, 6.45) is 13.1. The van der Waals surface area contributed by atoms with Crippen molar-refractivity contribution >= 4 is 0 Å². The Morgan fingerprint density at radius 2 is 0.469 bits per heavy atom. The van der Waals surface area contributed by atoms with Crippen molar-refractivity contribution in [1.29, 1.82) is 0 Å². The zero-order valence-electron chi connectivity index (χ0n) is 72.6. The van der Waals surface area contributed by atoms with E-state index in [-0.39, 0.29) is 80.4 Å². The molecule has 8 heterocycles. The van der Waals surface area contributed by atoms with Crippen LogP contribution in [0.4, 0.5) is 0 Å². The number of rotatable bonds is 12. The zero-order valence-corrected chi connectivity index (χ0v) is 82.2. The van der Waals surface area contributed by atoms with Gasteiger partial charge in [0.25, 0.3) is 0 Å². The summed E-state index contributed by atoms with van der Waals surface area (Å²) in [5, 5.41) is 0. The van der Waals surface area contributed by atoms with Gasteiger partial charge in [0.15, 0.2) is 0 Å². The van der Waals surface area contributed by atoms with Crippen LogP contribution in [0.2, 0.25) is 0 Å². The predicted molar refractivity (Wildman–Crippen MR) is 518 cm³/mol. The van der Waals surface area contributed by atoms with Crippen molar-refractivity contribution < 1.29 is 80.4 Å². The van der Waals surface area contributed by atoms with Crippen LogP contribution in [0, 0.1) is 90.1 Å². The standard InChI is InChI=1S/3C18H14N.C17H12N.C13H12N.C12H10N.2C11H8N.4Ir/c3*1-14-12-18(16-10-6-3-7-11-16)19-13-17(14)15-8-4-2-5-9-15;1-3-7-14(8-4-1)16-11-12-18-17(13-16)15-9-5-2-6-10-15;1-10-8-11(2)14-13(9-10)12-6-4-3-5-7-12;1-10-6-5-9-13-12(10)11-7-3-2-4-8-11;2*1-2-6-10(7-3-1)11-8-4-5-9-12-11;;;;/h3*2-10,12-13H,1H3;1-9,11-13H;3-6,8-9H,1-2H3;2-7,9H,1H3;2*1-6,8-9H;;;;/q8*-1;;;;. The fraction of sp³-hybridized carbons (Fsp3) is 0.0508. The van der Waals surface area contributed by atoms with Crippen molar-refractivity contribution in [3.8, 4) is 135 Å². The molecule has 12 heteroatoms. The van der Waals surface area contributed by atoms with Crippen LogP contribution in [-0.4, -0.2) is 39.9 Å². The van der Waals surface area contributed by atoms with E-state index in [2.05, 4.69) is 214 Å². The fourth-order valence-corrected chi connectivity index (χ4v) is 13.5. The number of hydrogen-bond donors (Lipinski definition) is 0. The predicted octanol–water partition coefficient (Wildman–Crippen LogP) is 28.9. The molecule has 0 bridgehead atoms. The Hall–Kier alpha value is -13.6. The van der Waals surface area contributed by atoms with Crippen LogP contribution in [0.1, 0.15) is 33.5 Å². The van der Waals surface area contributed by atoms with Gasteiger partial charge in [-0.1, -0.05) is 193 Å². The molecule has 0 atom stereocenters. The molecule has 0 amide bonds. The van der Waals surface area contributed by atoms with Gasteiger partial charge in [-0.3, -0.25) is 0 Å². The third-order valence-corrected chi connectivity index (χ3v) is 19.8. The summed E-state index contributed by atoms with van der Waals surface area (Å²) in [7, 11) is 0. The molecule has 20 aromatic rings. The molecule has 0 aliphatic heterocycles. The summed E-state index contributed by atoms with van der Waals surface area (Å²) in [4.78, 5) is 35.3. The van der Waals surface area contributed by atoms with Crippen molar-refractivity contribution in [3.05, 3.63) is 532 Å². The number of nitrogens with zero attached hydrogens (tertiary/aromatic N) is 8. The molecule has 20 rings (SSSR count). The van der Waals surface area contributed by atoms with Gasteiger partial charge in [0.1, 0.15) is 0 Å². The molecule has 12 aromatic carbocycles. The maximum atomic E-state index is 4.55. The van der Waals surface area contributed by atoms with Gasteiger partial charge >= 0.3 is 0 Å². The Bertz CT molecular complexity index is 6060. The topological polar surface area (TPSA) is 103 Å². The van der Waals surface area contributed by atoms with Crippen LogP contribution in [0.15, 0.2) is 450 Å². The van der Waals surface area contributed by atoms with Gasteiger partial charge < -0.3 is 39.9 Å². The van der Waals surface area contributed by atoms with Gasteiger partial charge in [0.2, 0.25) is 0 Å². The monoisotopic (exact) mass is 2390 g/mol. The van der Waals surface area contributed by atoms with Gasteiger partial charge in [-0.05, 0) is 162 Å². The second-order valence-electron chi connectivity index (χ2n) is 29.0. The average molecular weight is 2390 g/mol. The molecule has 0 fully saturated rings. The van der Waals surface area contributed by atoms with E-state index in [0.717, 1.165) is 95.8 Å². The van der Waals surface area contributed by atoms with E-state index in [4.69, 9.17) is 0 Å². The van der Waals surface area contributed by atoms with Crippen molar-refractivity contribution in [3.63, 3.8) is 0 Å². The van der Waals surface area contributed by atoms with Crippen LogP contribution in [0.25, 0.3) is 135 Å².